The summed E-state index contributed by atoms with van der Waals surface area (Å²) in [6.45, 7) is -0.786. The SMILES string of the molecule is NC(CCCS(=O)(=O)NC(=O)C1CCn2c(C(=O)c3ccccc3)ccc21)C(=O)CNC(=O)CNC(=O)CNC(=O)CS. The van der Waals surface area contributed by atoms with Crippen molar-refractivity contribution >= 4 is 57.8 Å². The summed E-state index contributed by atoms with van der Waals surface area (Å²) in [4.78, 5) is 72.4. The number of aromatic nitrogens is 1. The van der Waals surface area contributed by atoms with Gasteiger partial charge in [-0.3, -0.25) is 33.5 Å². The van der Waals surface area contributed by atoms with Crippen molar-refractivity contribution in [2.75, 3.05) is 31.1 Å². The molecule has 0 spiro atoms. The number of ketones is 2. The number of rotatable bonds is 16. The van der Waals surface area contributed by atoms with Crippen molar-refractivity contribution in [3.8, 4) is 0 Å². The number of fused-ring (bicyclic) bond motifs is 1. The lowest BCUT2D eigenvalue weighted by atomic mass is 10.0. The van der Waals surface area contributed by atoms with Crippen LogP contribution in [-0.4, -0.2) is 85.4 Å². The van der Waals surface area contributed by atoms with Crippen LogP contribution in [0.3, 0.4) is 0 Å². The van der Waals surface area contributed by atoms with Gasteiger partial charge in [-0.1, -0.05) is 30.3 Å². The summed E-state index contributed by atoms with van der Waals surface area (Å²) in [7, 11) is -4.03. The van der Waals surface area contributed by atoms with Crippen molar-refractivity contribution in [3.05, 3.63) is 59.4 Å². The Hall–Kier alpha value is -4.02. The van der Waals surface area contributed by atoms with E-state index in [0.29, 0.717) is 29.9 Å². The largest absolute Gasteiger partial charge is 0.347 e. The molecule has 2 heterocycles. The van der Waals surface area contributed by atoms with Gasteiger partial charge in [-0.25, -0.2) is 8.42 Å². The van der Waals surface area contributed by atoms with Crippen molar-refractivity contribution in [1.82, 2.24) is 25.2 Å². The van der Waals surface area contributed by atoms with Crippen LogP contribution in [0.4, 0.5) is 0 Å². The van der Waals surface area contributed by atoms with Crippen LogP contribution < -0.4 is 26.4 Å². The minimum atomic E-state index is -4.03. The van der Waals surface area contributed by atoms with Gasteiger partial charge >= 0.3 is 0 Å². The highest BCUT2D eigenvalue weighted by atomic mass is 32.2. The van der Waals surface area contributed by atoms with Crippen LogP contribution in [0.15, 0.2) is 42.5 Å². The smallest absolute Gasteiger partial charge is 0.242 e. The number of nitrogens with two attached hydrogens (primary N) is 1. The number of Topliss-reactive ketones (excluding diaryl/α,β-unsaturated/α-hetero) is 1. The van der Waals surface area contributed by atoms with Gasteiger partial charge in [-0.05, 0) is 31.4 Å². The van der Waals surface area contributed by atoms with E-state index in [9.17, 15) is 37.2 Å². The number of benzene rings is 1. The fourth-order valence-corrected chi connectivity index (χ4v) is 5.64. The van der Waals surface area contributed by atoms with E-state index in [1.54, 1.807) is 47.0 Å². The molecule has 0 fully saturated rings. The Balaban J connectivity index is 1.39. The number of sulfonamides is 1. The summed E-state index contributed by atoms with van der Waals surface area (Å²) in [5, 5.41) is 6.85. The number of nitrogens with one attached hydrogen (secondary N) is 4. The summed E-state index contributed by atoms with van der Waals surface area (Å²) in [6.07, 6.45) is 0.310. The molecule has 0 saturated carbocycles. The molecule has 14 nitrogen and oxygen atoms in total. The van der Waals surface area contributed by atoms with Crippen LogP contribution >= 0.6 is 12.6 Å². The van der Waals surface area contributed by atoms with Crippen LogP contribution in [0, 0.1) is 0 Å². The zero-order valence-electron chi connectivity index (χ0n) is 23.2. The summed E-state index contributed by atoms with van der Waals surface area (Å²) in [6, 6.07) is 10.9. The molecule has 0 aliphatic carbocycles. The van der Waals surface area contributed by atoms with E-state index in [-0.39, 0.29) is 30.9 Å². The van der Waals surface area contributed by atoms with Crippen LogP contribution in [0.1, 0.15) is 46.9 Å². The van der Waals surface area contributed by atoms with E-state index in [4.69, 9.17) is 5.73 Å². The van der Waals surface area contributed by atoms with Gasteiger partial charge in [0.1, 0.15) is 0 Å². The summed E-state index contributed by atoms with van der Waals surface area (Å²) in [5.74, 6) is -4.43. The minimum Gasteiger partial charge on any atom is -0.347 e. The molecule has 1 aromatic carbocycles. The normalized spacial score (nSPS) is 14.7. The lowest BCUT2D eigenvalue weighted by Crippen LogP contribution is -2.45. The molecule has 1 aromatic heterocycles. The van der Waals surface area contributed by atoms with E-state index in [2.05, 4.69) is 33.3 Å². The van der Waals surface area contributed by atoms with Gasteiger partial charge < -0.3 is 26.3 Å². The number of amides is 4. The van der Waals surface area contributed by atoms with Crippen LogP contribution in [0.2, 0.25) is 0 Å². The third-order valence-corrected chi connectivity index (χ3v) is 8.32. The third-order valence-electron chi connectivity index (χ3n) is 6.69. The maximum Gasteiger partial charge on any atom is 0.242 e. The Morgan fingerprint density at radius 3 is 2.19 bits per heavy atom. The lowest BCUT2D eigenvalue weighted by Gasteiger charge is -2.13. The highest BCUT2D eigenvalue weighted by Crippen LogP contribution is 2.31. The van der Waals surface area contributed by atoms with E-state index in [1.807, 2.05) is 0 Å². The van der Waals surface area contributed by atoms with Gasteiger partial charge in [0.15, 0.2) is 5.78 Å². The zero-order valence-corrected chi connectivity index (χ0v) is 24.9. The topological polar surface area (TPSA) is 216 Å². The Bertz CT molecular complexity index is 1480. The Morgan fingerprint density at radius 2 is 1.53 bits per heavy atom. The van der Waals surface area contributed by atoms with E-state index >= 15 is 0 Å². The molecular weight excluding hydrogens is 600 g/mol. The standard InChI is InChI=1S/C27H34N6O8S2/c28-19(22(34)13-29-23(35)14-30-24(36)15-31-25(37)16-42)7-4-12-43(40,41)32-27(39)18-10-11-33-20(18)8-9-21(33)26(38)17-5-2-1-3-6-17/h1-3,5-6,8-9,18-19,42H,4,7,10-16,28H2,(H,29,35)(H,30,36)(H,31,37)(H,32,39). The van der Waals surface area contributed by atoms with E-state index in [0.717, 1.165) is 0 Å². The van der Waals surface area contributed by atoms with E-state index in [1.165, 1.54) is 0 Å². The molecule has 1 aliphatic rings. The quantitative estimate of drug-likeness (QED) is 0.0945. The highest BCUT2D eigenvalue weighted by Gasteiger charge is 2.33. The molecule has 16 heteroatoms. The molecule has 2 atom stereocenters. The zero-order chi connectivity index (χ0) is 31.6. The monoisotopic (exact) mass is 634 g/mol. The van der Waals surface area contributed by atoms with Gasteiger partial charge in [0.25, 0.3) is 0 Å². The molecule has 1 aliphatic heterocycles. The number of carbonyl (C=O) groups is 6. The molecule has 0 radical (unpaired) electrons. The highest BCUT2D eigenvalue weighted by molar-refractivity contribution is 7.90. The Labute approximate surface area is 254 Å². The van der Waals surface area contributed by atoms with Gasteiger partial charge in [0, 0.05) is 17.8 Å². The first-order valence-electron chi connectivity index (χ1n) is 13.4. The van der Waals surface area contributed by atoms with Crippen molar-refractivity contribution in [1.29, 1.82) is 0 Å². The molecule has 4 amide bonds. The van der Waals surface area contributed by atoms with E-state index < -0.39 is 70.2 Å². The van der Waals surface area contributed by atoms with Crippen molar-refractivity contribution in [2.45, 2.75) is 37.8 Å². The predicted molar refractivity (Wildman–Crippen MR) is 159 cm³/mol. The Morgan fingerprint density at radius 1 is 0.907 bits per heavy atom. The maximum atomic E-state index is 12.9. The minimum absolute atomic E-state index is 0.0113. The summed E-state index contributed by atoms with van der Waals surface area (Å²) >= 11 is 3.75. The fourth-order valence-electron chi connectivity index (χ4n) is 4.43. The van der Waals surface area contributed by atoms with Gasteiger partial charge in [-0.15, -0.1) is 0 Å². The van der Waals surface area contributed by atoms with Crippen LogP contribution in [-0.2, 0) is 40.5 Å². The number of nitrogens with zero attached hydrogens (tertiary/aromatic N) is 1. The summed E-state index contributed by atoms with van der Waals surface area (Å²) < 4.78 is 28.9. The number of thiol groups is 1. The molecule has 0 bridgehead atoms. The van der Waals surface area contributed by atoms with Gasteiger partial charge in [0.05, 0.1) is 48.8 Å². The second kappa shape index (κ2) is 15.5. The lowest BCUT2D eigenvalue weighted by molar-refractivity contribution is -0.128. The fraction of sp³-hybridized carbons (Fsp3) is 0.407. The number of hydrogen-bond acceptors (Lipinski definition) is 10. The molecule has 43 heavy (non-hydrogen) atoms. The maximum absolute atomic E-state index is 12.9. The molecule has 6 N–H and O–H groups in total. The average molecular weight is 635 g/mol. The molecule has 2 unspecified atom stereocenters. The first-order chi connectivity index (χ1) is 20.4. The summed E-state index contributed by atoms with van der Waals surface area (Å²) in [5.41, 5.74) is 7.32. The van der Waals surface area contributed by atoms with Crippen molar-refractivity contribution < 1.29 is 37.2 Å². The van der Waals surface area contributed by atoms with Crippen molar-refractivity contribution in [2.24, 2.45) is 5.73 Å². The first-order valence-corrected chi connectivity index (χ1v) is 15.7. The third kappa shape index (κ3) is 9.76. The van der Waals surface area contributed by atoms with Crippen molar-refractivity contribution in [3.63, 3.8) is 0 Å². The predicted octanol–water partition coefficient (Wildman–Crippen LogP) is -1.39. The molecule has 232 valence electrons. The second-order valence-electron chi connectivity index (χ2n) is 9.82. The first kappa shape index (κ1) is 33.5. The molecule has 2 aromatic rings. The second-order valence-corrected chi connectivity index (χ2v) is 12.0. The Kier molecular flexibility index (Phi) is 12.0. The van der Waals surface area contributed by atoms with Crippen LogP contribution in [0.5, 0.6) is 0 Å². The van der Waals surface area contributed by atoms with Crippen LogP contribution in [0.25, 0.3) is 0 Å². The average Bonchev–Trinajstić information content (AvgIpc) is 3.59. The number of hydrogen-bond donors (Lipinski definition) is 6. The molecular formula is C27H34N6O8S2. The van der Waals surface area contributed by atoms with Gasteiger partial charge in [0.2, 0.25) is 39.4 Å². The van der Waals surface area contributed by atoms with Gasteiger partial charge in [-0.2, -0.15) is 12.6 Å². The molecule has 3 rings (SSSR count). The number of carbonyl (C=O) groups excluding carboxylic acids is 6. The molecule has 0 saturated heterocycles.